The van der Waals surface area contributed by atoms with Gasteiger partial charge in [-0.3, -0.25) is 4.79 Å². The van der Waals surface area contributed by atoms with Crippen molar-refractivity contribution in [2.24, 2.45) is 0 Å². The van der Waals surface area contributed by atoms with E-state index < -0.39 is 0 Å². The van der Waals surface area contributed by atoms with Crippen LogP contribution in [-0.2, 0) is 4.79 Å². The van der Waals surface area contributed by atoms with Crippen LogP contribution in [0.5, 0.6) is 5.75 Å². The molecule has 1 N–H and O–H groups in total. The lowest BCUT2D eigenvalue weighted by Gasteiger charge is -2.19. The van der Waals surface area contributed by atoms with Crippen molar-refractivity contribution in [3.63, 3.8) is 0 Å². The number of carbonyl (C=O) groups is 1. The van der Waals surface area contributed by atoms with Crippen molar-refractivity contribution in [1.29, 1.82) is 0 Å². The molecule has 25 heavy (non-hydrogen) atoms. The van der Waals surface area contributed by atoms with Crippen molar-refractivity contribution in [1.82, 2.24) is 9.97 Å². The molecular weight excluding hydrogens is 314 g/mol. The molecule has 1 aliphatic rings. The first-order chi connectivity index (χ1) is 12.2. The Hall–Kier alpha value is -2.82. The van der Waals surface area contributed by atoms with Gasteiger partial charge in [0.15, 0.2) is 0 Å². The van der Waals surface area contributed by atoms with E-state index >= 15 is 0 Å². The summed E-state index contributed by atoms with van der Waals surface area (Å²) in [7, 11) is 0. The van der Waals surface area contributed by atoms with Gasteiger partial charge in [-0.05, 0) is 43.7 Å². The summed E-state index contributed by atoms with van der Waals surface area (Å²) in [4.78, 5) is 22.5. The lowest BCUT2D eigenvalue weighted by molar-refractivity contribution is -0.117. The van der Waals surface area contributed by atoms with Crippen LogP contribution in [0, 0.1) is 6.92 Å². The molecule has 1 saturated heterocycles. The molecule has 3 aromatic rings. The fourth-order valence-electron chi connectivity index (χ4n) is 3.42. The van der Waals surface area contributed by atoms with Crippen LogP contribution in [0.1, 0.15) is 30.7 Å². The molecule has 128 valence electrons. The topological polar surface area (TPSA) is 58.2 Å². The van der Waals surface area contributed by atoms with Crippen molar-refractivity contribution in [3.05, 3.63) is 53.9 Å². The lowest BCUT2D eigenvalue weighted by Crippen LogP contribution is -2.25. The second kappa shape index (κ2) is 6.24. The summed E-state index contributed by atoms with van der Waals surface area (Å²) in [5.74, 6) is 1.80. The largest absolute Gasteiger partial charge is 0.492 e. The van der Waals surface area contributed by atoms with Crippen molar-refractivity contribution in [3.8, 4) is 5.75 Å². The minimum atomic E-state index is 0.0647. The van der Waals surface area contributed by atoms with E-state index in [1.165, 1.54) is 5.56 Å². The Morgan fingerprint density at radius 2 is 2.12 bits per heavy atom. The highest BCUT2D eigenvalue weighted by atomic mass is 16.5. The number of aromatic nitrogens is 2. The number of ether oxygens (including phenoxy) is 1. The Morgan fingerprint density at radius 3 is 2.96 bits per heavy atom. The van der Waals surface area contributed by atoms with Gasteiger partial charge in [0.25, 0.3) is 0 Å². The quantitative estimate of drug-likeness (QED) is 0.789. The molecule has 0 spiro atoms. The third-order valence-corrected chi connectivity index (χ3v) is 4.62. The van der Waals surface area contributed by atoms with Gasteiger partial charge in [-0.2, -0.15) is 0 Å². The standard InChI is InChI=1S/C20H21N3O2/c1-3-25-18-7-5-4-6-17(18)23-12-14(11-19(23)24)20-21-15-9-8-13(2)10-16(15)22-20/h4-10,14H,3,11-12H2,1-2H3,(H,21,22)/t14-/m0/s1. The molecule has 1 aliphatic heterocycles. The molecule has 1 fully saturated rings. The highest BCUT2D eigenvalue weighted by molar-refractivity contribution is 5.97. The molecule has 2 aromatic carbocycles. The maximum atomic E-state index is 12.6. The molecule has 0 radical (unpaired) electrons. The molecule has 0 aliphatic carbocycles. The predicted octanol–water partition coefficient (Wildman–Crippen LogP) is 3.79. The van der Waals surface area contributed by atoms with Gasteiger partial charge in [0, 0.05) is 18.9 Å². The molecule has 0 saturated carbocycles. The average molecular weight is 335 g/mol. The minimum absolute atomic E-state index is 0.0647. The number of benzene rings is 2. The molecular formula is C20H21N3O2. The van der Waals surface area contributed by atoms with Crippen molar-refractivity contribution in [2.75, 3.05) is 18.1 Å². The highest BCUT2D eigenvalue weighted by Gasteiger charge is 2.34. The smallest absolute Gasteiger partial charge is 0.227 e. The van der Waals surface area contributed by atoms with E-state index in [2.05, 4.69) is 24.0 Å². The van der Waals surface area contributed by atoms with Gasteiger partial charge in [-0.1, -0.05) is 18.2 Å². The zero-order chi connectivity index (χ0) is 17.4. The first-order valence-electron chi connectivity index (χ1n) is 8.64. The monoisotopic (exact) mass is 335 g/mol. The van der Waals surface area contributed by atoms with E-state index in [9.17, 15) is 4.79 Å². The van der Waals surface area contributed by atoms with Crippen LogP contribution in [0.4, 0.5) is 5.69 Å². The number of imidazole rings is 1. The van der Waals surface area contributed by atoms with Gasteiger partial charge in [-0.15, -0.1) is 0 Å². The normalized spacial score (nSPS) is 17.4. The Kier molecular flexibility index (Phi) is 3.92. The van der Waals surface area contributed by atoms with E-state index in [0.717, 1.165) is 28.3 Å². The first-order valence-corrected chi connectivity index (χ1v) is 8.64. The van der Waals surface area contributed by atoms with Crippen LogP contribution < -0.4 is 9.64 Å². The number of hydrogen-bond donors (Lipinski definition) is 1. The Morgan fingerprint density at radius 1 is 1.28 bits per heavy atom. The Balaban J connectivity index is 1.63. The van der Waals surface area contributed by atoms with Gasteiger partial charge >= 0.3 is 0 Å². The zero-order valence-electron chi connectivity index (χ0n) is 14.5. The summed E-state index contributed by atoms with van der Waals surface area (Å²) in [5.41, 5.74) is 4.00. The molecule has 1 aromatic heterocycles. The molecule has 0 unspecified atom stereocenters. The second-order valence-electron chi connectivity index (χ2n) is 6.45. The van der Waals surface area contributed by atoms with Crippen LogP contribution in [0.2, 0.25) is 0 Å². The van der Waals surface area contributed by atoms with E-state index in [4.69, 9.17) is 9.72 Å². The SMILES string of the molecule is CCOc1ccccc1N1C[C@@H](c2nc3ccc(C)cc3[nH]2)CC1=O. The number of nitrogens with zero attached hydrogens (tertiary/aromatic N) is 2. The van der Waals surface area contributed by atoms with Gasteiger partial charge < -0.3 is 14.6 Å². The van der Waals surface area contributed by atoms with Gasteiger partial charge in [0.2, 0.25) is 5.91 Å². The third kappa shape index (κ3) is 2.86. The van der Waals surface area contributed by atoms with Crippen LogP contribution in [0.15, 0.2) is 42.5 Å². The number of nitrogens with one attached hydrogen (secondary N) is 1. The van der Waals surface area contributed by atoms with Crippen LogP contribution >= 0.6 is 0 Å². The highest BCUT2D eigenvalue weighted by Crippen LogP contribution is 2.36. The molecule has 0 bridgehead atoms. The van der Waals surface area contributed by atoms with Crippen molar-refractivity contribution < 1.29 is 9.53 Å². The van der Waals surface area contributed by atoms with Crippen molar-refractivity contribution in [2.45, 2.75) is 26.2 Å². The van der Waals surface area contributed by atoms with Gasteiger partial charge in [0.05, 0.1) is 23.3 Å². The predicted molar refractivity (Wildman–Crippen MR) is 98.2 cm³/mol. The van der Waals surface area contributed by atoms with Crippen LogP contribution in [-0.4, -0.2) is 29.0 Å². The third-order valence-electron chi connectivity index (χ3n) is 4.62. The molecule has 1 atom stereocenters. The summed E-state index contributed by atoms with van der Waals surface area (Å²) in [6, 6.07) is 13.9. The van der Waals surface area contributed by atoms with Crippen LogP contribution in [0.3, 0.4) is 0 Å². The molecule has 5 heteroatoms. The molecule has 2 heterocycles. The zero-order valence-corrected chi connectivity index (χ0v) is 14.5. The lowest BCUT2D eigenvalue weighted by atomic mass is 10.1. The number of carbonyl (C=O) groups excluding carboxylic acids is 1. The maximum absolute atomic E-state index is 12.6. The van der Waals surface area contributed by atoms with E-state index in [1.807, 2.05) is 42.2 Å². The van der Waals surface area contributed by atoms with E-state index in [-0.39, 0.29) is 11.8 Å². The summed E-state index contributed by atoms with van der Waals surface area (Å²) in [5, 5.41) is 0. The Labute approximate surface area is 146 Å². The van der Waals surface area contributed by atoms with E-state index in [0.29, 0.717) is 19.6 Å². The van der Waals surface area contributed by atoms with E-state index in [1.54, 1.807) is 0 Å². The summed E-state index contributed by atoms with van der Waals surface area (Å²) in [6.45, 7) is 5.19. The Bertz CT molecular complexity index is 932. The number of aromatic amines is 1. The first kappa shape index (κ1) is 15.7. The number of amides is 1. The molecule has 1 amide bonds. The maximum Gasteiger partial charge on any atom is 0.227 e. The number of aryl methyl sites for hydroxylation is 1. The molecule has 5 nitrogen and oxygen atoms in total. The van der Waals surface area contributed by atoms with Gasteiger partial charge in [0.1, 0.15) is 11.6 Å². The number of rotatable bonds is 4. The number of hydrogen-bond acceptors (Lipinski definition) is 3. The van der Waals surface area contributed by atoms with Gasteiger partial charge in [-0.25, -0.2) is 4.98 Å². The number of para-hydroxylation sites is 2. The number of anilines is 1. The fourth-order valence-corrected chi connectivity index (χ4v) is 3.42. The van der Waals surface area contributed by atoms with Crippen molar-refractivity contribution >= 4 is 22.6 Å². The number of fused-ring (bicyclic) bond motifs is 1. The molecule has 4 rings (SSSR count). The average Bonchev–Trinajstić information content (AvgIpc) is 3.19. The van der Waals surface area contributed by atoms with Crippen LogP contribution in [0.25, 0.3) is 11.0 Å². The summed E-state index contributed by atoms with van der Waals surface area (Å²) in [6.07, 6.45) is 0.458. The number of H-pyrrole nitrogens is 1. The summed E-state index contributed by atoms with van der Waals surface area (Å²) < 4.78 is 5.68. The summed E-state index contributed by atoms with van der Waals surface area (Å²) >= 11 is 0. The second-order valence-corrected chi connectivity index (χ2v) is 6.45. The minimum Gasteiger partial charge on any atom is -0.492 e. The fraction of sp³-hybridized carbons (Fsp3) is 0.300.